The quantitative estimate of drug-likeness (QED) is 0.716. The molecule has 1 N–H and O–H groups in total. The van der Waals surface area contributed by atoms with E-state index in [0.717, 1.165) is 25.9 Å². The maximum atomic E-state index is 11.8. The van der Waals surface area contributed by atoms with E-state index in [4.69, 9.17) is 5.11 Å². The van der Waals surface area contributed by atoms with Gasteiger partial charge in [-0.25, -0.2) is 0 Å². The molecule has 0 saturated carbocycles. The van der Waals surface area contributed by atoms with Crippen molar-refractivity contribution < 1.29 is 9.90 Å². The van der Waals surface area contributed by atoms with Crippen LogP contribution in [-0.2, 0) is 4.79 Å². The van der Waals surface area contributed by atoms with E-state index in [-0.39, 0.29) is 12.5 Å². The molecule has 4 nitrogen and oxygen atoms in total. The van der Waals surface area contributed by atoms with Gasteiger partial charge in [0.05, 0.1) is 6.61 Å². The Hall–Kier alpha value is -0.610. The lowest BCUT2D eigenvalue weighted by molar-refractivity contribution is -0.132. The first-order valence-corrected chi connectivity index (χ1v) is 5.74. The number of carbonyl (C=O) groups excluding carboxylic acids is 1. The Labute approximate surface area is 91.9 Å². The lowest BCUT2D eigenvalue weighted by Gasteiger charge is -2.23. The fourth-order valence-corrected chi connectivity index (χ4v) is 2.02. The Bertz CT molecular complexity index is 209. The van der Waals surface area contributed by atoms with Gasteiger partial charge in [-0.15, -0.1) is 0 Å². The number of aliphatic hydroxyl groups is 1. The lowest BCUT2D eigenvalue weighted by atomic mass is 10.2. The Morgan fingerprint density at radius 3 is 2.80 bits per heavy atom. The molecule has 1 amide bonds. The molecule has 0 spiro atoms. The number of likely N-dealkylation sites (N-methyl/N-ethyl adjacent to an activating group) is 1. The van der Waals surface area contributed by atoms with Crippen molar-refractivity contribution in [3.05, 3.63) is 0 Å². The molecule has 1 aliphatic rings. The second-order valence-corrected chi connectivity index (χ2v) is 4.36. The van der Waals surface area contributed by atoms with Gasteiger partial charge in [0.2, 0.25) is 5.91 Å². The Morgan fingerprint density at radius 2 is 2.27 bits per heavy atom. The van der Waals surface area contributed by atoms with Crippen LogP contribution in [0.1, 0.15) is 26.2 Å². The number of rotatable bonds is 5. The average molecular weight is 214 g/mol. The molecule has 0 radical (unpaired) electrons. The van der Waals surface area contributed by atoms with E-state index < -0.39 is 0 Å². The van der Waals surface area contributed by atoms with Crippen LogP contribution in [0.25, 0.3) is 0 Å². The molecule has 1 heterocycles. The second kappa shape index (κ2) is 6.08. The summed E-state index contributed by atoms with van der Waals surface area (Å²) in [5, 5.41) is 8.72. The highest BCUT2D eigenvalue weighted by atomic mass is 16.3. The van der Waals surface area contributed by atoms with Crippen LogP contribution in [0.4, 0.5) is 0 Å². The molecule has 0 aromatic carbocycles. The van der Waals surface area contributed by atoms with Gasteiger partial charge in [0.15, 0.2) is 0 Å². The highest BCUT2D eigenvalue weighted by Crippen LogP contribution is 2.17. The maximum absolute atomic E-state index is 11.8. The van der Waals surface area contributed by atoms with Gasteiger partial charge in [0.25, 0.3) is 0 Å². The third kappa shape index (κ3) is 3.80. The molecule has 1 fully saturated rings. The van der Waals surface area contributed by atoms with Gasteiger partial charge in [0.1, 0.15) is 0 Å². The molecule has 88 valence electrons. The van der Waals surface area contributed by atoms with E-state index in [9.17, 15) is 4.79 Å². The van der Waals surface area contributed by atoms with Gasteiger partial charge < -0.3 is 14.9 Å². The minimum absolute atomic E-state index is 0.158. The normalized spacial score (nSPS) is 21.3. The van der Waals surface area contributed by atoms with Crippen LogP contribution in [0, 0.1) is 0 Å². The van der Waals surface area contributed by atoms with Gasteiger partial charge in [-0.05, 0) is 26.8 Å². The predicted octanol–water partition coefficient (Wildman–Crippen LogP) is 0.311. The number of aliphatic hydroxyl groups excluding tert-OH is 1. The summed E-state index contributed by atoms with van der Waals surface area (Å²) in [7, 11) is 1.93. The third-order valence-corrected chi connectivity index (χ3v) is 3.06. The zero-order chi connectivity index (χ0) is 11.3. The average Bonchev–Trinajstić information content (AvgIpc) is 2.61. The Kier molecular flexibility index (Phi) is 5.05. The minimum atomic E-state index is 0.158. The summed E-state index contributed by atoms with van der Waals surface area (Å²) in [4.78, 5) is 15.8. The van der Waals surface area contributed by atoms with E-state index in [2.05, 4.69) is 6.92 Å². The van der Waals surface area contributed by atoms with Crippen LogP contribution in [-0.4, -0.2) is 60.1 Å². The molecule has 0 bridgehead atoms. The van der Waals surface area contributed by atoms with E-state index in [1.807, 2.05) is 16.8 Å². The number of hydrogen-bond donors (Lipinski definition) is 1. The van der Waals surface area contributed by atoms with Crippen molar-refractivity contribution in [1.29, 1.82) is 0 Å². The highest BCUT2D eigenvalue weighted by molar-refractivity contribution is 5.76. The number of amides is 1. The molecule has 1 atom stereocenters. The van der Waals surface area contributed by atoms with Gasteiger partial charge in [-0.1, -0.05) is 0 Å². The first-order valence-electron chi connectivity index (χ1n) is 5.74. The maximum Gasteiger partial charge on any atom is 0.224 e. The van der Waals surface area contributed by atoms with Crippen molar-refractivity contribution in [3.8, 4) is 0 Å². The Morgan fingerprint density at radius 1 is 1.53 bits per heavy atom. The molecule has 0 aromatic heterocycles. The number of nitrogens with zero attached hydrogens (tertiary/aromatic N) is 2. The van der Waals surface area contributed by atoms with Crippen molar-refractivity contribution in [2.75, 3.05) is 33.3 Å². The van der Waals surface area contributed by atoms with Crippen LogP contribution in [0.5, 0.6) is 0 Å². The van der Waals surface area contributed by atoms with Crippen LogP contribution >= 0.6 is 0 Å². The molecule has 1 aliphatic heterocycles. The molecule has 1 unspecified atom stereocenters. The van der Waals surface area contributed by atoms with E-state index in [1.165, 1.54) is 0 Å². The standard InChI is InChI=1S/C11H22N2O2/c1-10-4-3-6-13(10)11(15)5-7-12(2)8-9-14/h10,14H,3-9H2,1-2H3. The van der Waals surface area contributed by atoms with E-state index >= 15 is 0 Å². The zero-order valence-corrected chi connectivity index (χ0v) is 9.78. The molecule has 1 saturated heterocycles. The summed E-state index contributed by atoms with van der Waals surface area (Å²) in [5.41, 5.74) is 0. The lowest BCUT2D eigenvalue weighted by Crippen LogP contribution is -2.36. The monoisotopic (exact) mass is 214 g/mol. The summed E-state index contributed by atoms with van der Waals surface area (Å²) in [6, 6.07) is 0.417. The van der Waals surface area contributed by atoms with E-state index in [0.29, 0.717) is 19.0 Å². The summed E-state index contributed by atoms with van der Waals surface area (Å²) in [6.07, 6.45) is 2.85. The molecule has 1 rings (SSSR count). The smallest absolute Gasteiger partial charge is 0.224 e. The number of hydrogen-bond acceptors (Lipinski definition) is 3. The molecule has 0 aliphatic carbocycles. The van der Waals surface area contributed by atoms with Crippen molar-refractivity contribution >= 4 is 5.91 Å². The van der Waals surface area contributed by atoms with Crippen molar-refractivity contribution in [2.45, 2.75) is 32.2 Å². The van der Waals surface area contributed by atoms with Gasteiger partial charge in [0, 0.05) is 32.1 Å². The largest absolute Gasteiger partial charge is 0.395 e. The molecular weight excluding hydrogens is 192 g/mol. The van der Waals surface area contributed by atoms with E-state index in [1.54, 1.807) is 0 Å². The third-order valence-electron chi connectivity index (χ3n) is 3.06. The molecule has 15 heavy (non-hydrogen) atoms. The topological polar surface area (TPSA) is 43.8 Å². The van der Waals surface area contributed by atoms with Crippen molar-refractivity contribution in [1.82, 2.24) is 9.80 Å². The van der Waals surface area contributed by atoms with Gasteiger partial charge >= 0.3 is 0 Å². The fourth-order valence-electron chi connectivity index (χ4n) is 2.02. The summed E-state index contributed by atoms with van der Waals surface area (Å²) in [6.45, 7) is 4.57. The first-order chi connectivity index (χ1) is 7.15. The van der Waals surface area contributed by atoms with Crippen molar-refractivity contribution in [3.63, 3.8) is 0 Å². The van der Waals surface area contributed by atoms with Gasteiger partial charge in [-0.2, -0.15) is 0 Å². The highest BCUT2D eigenvalue weighted by Gasteiger charge is 2.24. The molecular formula is C11H22N2O2. The summed E-state index contributed by atoms with van der Waals surface area (Å²) < 4.78 is 0. The van der Waals surface area contributed by atoms with Crippen molar-refractivity contribution in [2.24, 2.45) is 0 Å². The predicted molar refractivity (Wildman–Crippen MR) is 59.6 cm³/mol. The fraction of sp³-hybridized carbons (Fsp3) is 0.909. The summed E-state index contributed by atoms with van der Waals surface area (Å²) >= 11 is 0. The van der Waals surface area contributed by atoms with Crippen LogP contribution in [0.2, 0.25) is 0 Å². The van der Waals surface area contributed by atoms with Crippen LogP contribution in [0.15, 0.2) is 0 Å². The SMILES string of the molecule is CC1CCCN1C(=O)CCN(C)CCO. The number of likely N-dealkylation sites (tertiary alicyclic amines) is 1. The summed E-state index contributed by atoms with van der Waals surface area (Å²) in [5.74, 6) is 0.254. The number of carbonyl (C=O) groups is 1. The second-order valence-electron chi connectivity index (χ2n) is 4.36. The Balaban J connectivity index is 2.23. The van der Waals surface area contributed by atoms with Gasteiger partial charge in [-0.3, -0.25) is 4.79 Å². The zero-order valence-electron chi connectivity index (χ0n) is 9.78. The molecule has 4 heteroatoms. The minimum Gasteiger partial charge on any atom is -0.395 e. The van der Waals surface area contributed by atoms with Crippen LogP contribution in [0.3, 0.4) is 0 Å². The molecule has 0 aromatic rings. The van der Waals surface area contributed by atoms with Crippen LogP contribution < -0.4 is 0 Å². The first kappa shape index (κ1) is 12.5.